The summed E-state index contributed by atoms with van der Waals surface area (Å²) in [5, 5.41) is 147. The first-order valence-corrected chi connectivity index (χ1v) is 25.6. The van der Waals surface area contributed by atoms with E-state index in [2.05, 4.69) is 27.8 Å². The maximum absolute atomic E-state index is 10.8. The summed E-state index contributed by atoms with van der Waals surface area (Å²) >= 11 is 9.98. The summed E-state index contributed by atoms with van der Waals surface area (Å²) in [6.07, 6.45) is -22.6. The third-order valence-electron chi connectivity index (χ3n) is 12.4. The van der Waals surface area contributed by atoms with Crippen molar-refractivity contribution >= 4 is 46.3 Å². The molecule has 4 saturated heterocycles. The minimum Gasteiger partial charge on any atom is -0.394 e. The van der Waals surface area contributed by atoms with Gasteiger partial charge in [0.15, 0.2) is 24.2 Å². The molecule has 18 N–H and O–H groups in total. The van der Waals surface area contributed by atoms with Gasteiger partial charge in [0.2, 0.25) is 11.8 Å². The number of nitrogens with zero attached hydrogens (tertiary/aromatic N) is 1. The molecule has 2 amide bonds. The number of nitrogens with two attached hydrogens (primary N) is 1. The predicted molar refractivity (Wildman–Crippen MR) is 268 cm³/mol. The molecule has 0 aromatic heterocycles. The van der Waals surface area contributed by atoms with Crippen molar-refractivity contribution in [2.45, 2.75) is 163 Å². The maximum atomic E-state index is 10.8. The van der Waals surface area contributed by atoms with E-state index >= 15 is 0 Å². The molecule has 20 atom stereocenters. The second-order valence-electron chi connectivity index (χ2n) is 18.3. The molecule has 4 fully saturated rings. The van der Waals surface area contributed by atoms with Crippen molar-refractivity contribution in [2.75, 3.05) is 92.5 Å². The Kier molecular flexibility index (Phi) is 33.5. The number of carbonyl (C=O) groups excluding carboxylic acids is 2. The molecule has 0 aliphatic carbocycles. The first-order chi connectivity index (χ1) is 36.4. The molecule has 0 aromatic rings. The van der Waals surface area contributed by atoms with Gasteiger partial charge in [-0.15, -0.1) is 0 Å². The van der Waals surface area contributed by atoms with E-state index < -0.39 is 148 Å². The molecule has 4 heterocycles. The lowest BCUT2D eigenvalue weighted by Crippen LogP contribution is -2.68. The monoisotopic (exact) mass is 1160 g/mol. The van der Waals surface area contributed by atoms with Crippen LogP contribution in [0.4, 0.5) is 0 Å². The lowest BCUT2D eigenvalue weighted by atomic mass is 9.86. The van der Waals surface area contributed by atoms with Gasteiger partial charge in [-0.25, -0.2) is 4.99 Å². The number of amides is 2. The normalized spacial score (nSPS) is 37.0. The number of nitrogens with one attached hydrogen (secondary N) is 2. The second kappa shape index (κ2) is 36.3. The van der Waals surface area contributed by atoms with E-state index in [4.69, 9.17) is 65.3 Å². The van der Waals surface area contributed by atoms with Crippen molar-refractivity contribution < 1.29 is 128 Å². The number of rotatable bonds is 28. The molecule has 9 unspecified atom stereocenters. The third kappa shape index (κ3) is 22.3. The van der Waals surface area contributed by atoms with Gasteiger partial charge in [0, 0.05) is 39.5 Å². The maximum Gasteiger partial charge on any atom is 0.216 e. The number of aliphatic hydroxyl groups excluding tert-OH is 14. The van der Waals surface area contributed by atoms with Crippen LogP contribution in [-0.4, -0.2) is 301 Å². The minimum atomic E-state index is -1.98. The fourth-order valence-corrected chi connectivity index (χ4v) is 8.51. The molecule has 0 radical (unpaired) electrons. The van der Waals surface area contributed by atoms with E-state index in [9.17, 15) is 81.1 Å². The van der Waals surface area contributed by atoms with Gasteiger partial charge in [0.1, 0.15) is 85.4 Å². The van der Waals surface area contributed by atoms with Crippen molar-refractivity contribution in [3.63, 3.8) is 0 Å². The van der Waals surface area contributed by atoms with Gasteiger partial charge in [0.25, 0.3) is 0 Å². The Morgan fingerprint density at radius 3 is 1.42 bits per heavy atom. The van der Waals surface area contributed by atoms with E-state index in [1.54, 1.807) is 0 Å². The number of isothiocyanates is 1. The summed E-state index contributed by atoms with van der Waals surface area (Å²) in [4.78, 5) is 25.4. The summed E-state index contributed by atoms with van der Waals surface area (Å²) in [5.41, 5.74) is 5.07. The average molecular weight is 1160 g/mol. The minimum absolute atomic E-state index is 0.0446. The van der Waals surface area contributed by atoms with Crippen LogP contribution in [0.5, 0.6) is 0 Å². The topological polar surface area (TPSA) is 472 Å². The Labute approximate surface area is 455 Å². The van der Waals surface area contributed by atoms with E-state index in [0.717, 1.165) is 0 Å². The molecule has 30 nitrogen and oxygen atoms in total. The summed E-state index contributed by atoms with van der Waals surface area (Å²) in [6.45, 7) is 6.99. The van der Waals surface area contributed by atoms with Crippen molar-refractivity contribution in [3.8, 4) is 0 Å². The molecule has 0 bridgehead atoms. The van der Waals surface area contributed by atoms with Gasteiger partial charge in [0.05, 0.1) is 84.1 Å². The van der Waals surface area contributed by atoms with Gasteiger partial charge < -0.3 is 135 Å². The third-order valence-corrected chi connectivity index (χ3v) is 12.9. The summed E-state index contributed by atoms with van der Waals surface area (Å²) in [6, 6.07) is -1.27. The lowest BCUT2D eigenvalue weighted by molar-refractivity contribution is -0.412. The van der Waals surface area contributed by atoms with Crippen LogP contribution in [0.15, 0.2) is 4.99 Å². The van der Waals surface area contributed by atoms with Gasteiger partial charge in [-0.1, -0.05) is 12.2 Å². The Morgan fingerprint density at radius 2 is 0.987 bits per heavy atom. The predicted octanol–water partition coefficient (Wildman–Crippen LogP) is -7.87. The molecule has 0 spiro atoms. The standard InChI is InChI=1S/C24H43NO13S.C14H23NO10S.C7H16N2O3/c1-13(28)25-5-7-35-9-8-34-6-3-4-14(39)10-15-18(29)19(30)16(11-26)36-23(15)38-24(2)22(33)21(32)20(31)17(12-27)37-24;1-14(12(22)11(21)9(19)6(3-17)24-14)25-13-7(15-4-26)10(20)8(18)5(2-16)23-13;1-7(10)9-2-3-11-4-5-12-6-8/h15-23,26-27,29-33H,3-12H2,1-2H3,(H,25,28);5-13,16-22H,2-3H2,1H3;2-6,8H2,1H3,(H,9,10)/t15?,16-,17?,18?,19-,20-,21?,22+,23-,24-;5?,6?,7?,8-,9-,10?,11+,12?,13-,14-;/m01./s1. The number of carbonyl (C=O) groups is 2. The molecule has 0 saturated carbocycles. The zero-order chi connectivity index (χ0) is 58.0. The van der Waals surface area contributed by atoms with Crippen LogP contribution < -0.4 is 16.4 Å². The van der Waals surface area contributed by atoms with Crippen LogP contribution >= 0.6 is 24.4 Å². The highest BCUT2D eigenvalue weighted by Crippen LogP contribution is 2.39. The Morgan fingerprint density at radius 1 is 0.584 bits per heavy atom. The number of aliphatic hydroxyl groups is 14. The molecule has 32 heteroatoms. The highest BCUT2D eigenvalue weighted by atomic mass is 32.1. The number of hydrogen-bond donors (Lipinski definition) is 17. The fraction of sp³-hybridized carbons (Fsp3) is 0.911. The average Bonchev–Trinajstić information content (AvgIpc) is 3.39. The van der Waals surface area contributed by atoms with Gasteiger partial charge in [-0.2, -0.15) is 0 Å². The van der Waals surface area contributed by atoms with Crippen LogP contribution in [-0.2, 0) is 57.0 Å². The number of ether oxygens (including phenoxy) is 10. The van der Waals surface area contributed by atoms with Crippen LogP contribution in [0.2, 0.25) is 0 Å². The zero-order valence-corrected chi connectivity index (χ0v) is 45.0. The summed E-state index contributed by atoms with van der Waals surface area (Å²) in [5.74, 6) is -5.05. The molecular formula is C45H82N4O26S2. The number of aliphatic imine (C=N–C) groups is 1. The molecular weight excluding hydrogens is 1080 g/mol. The van der Waals surface area contributed by atoms with Crippen molar-refractivity contribution in [1.82, 2.24) is 10.6 Å². The fourth-order valence-electron chi connectivity index (χ4n) is 8.05. The van der Waals surface area contributed by atoms with E-state index in [-0.39, 0.29) is 25.0 Å². The van der Waals surface area contributed by atoms with Crippen molar-refractivity contribution in [2.24, 2.45) is 16.6 Å². The lowest BCUT2D eigenvalue weighted by Gasteiger charge is -2.50. The highest BCUT2D eigenvalue weighted by Gasteiger charge is 2.57. The molecule has 4 aliphatic heterocycles. The van der Waals surface area contributed by atoms with Crippen LogP contribution in [0.25, 0.3) is 0 Å². The highest BCUT2D eigenvalue weighted by molar-refractivity contribution is 7.80. The van der Waals surface area contributed by atoms with Gasteiger partial charge in [-0.05, 0) is 50.2 Å². The van der Waals surface area contributed by atoms with Crippen LogP contribution in [0, 0.1) is 5.92 Å². The van der Waals surface area contributed by atoms with E-state index in [0.29, 0.717) is 77.0 Å². The molecule has 450 valence electrons. The second-order valence-corrected chi connectivity index (χ2v) is 19.1. The SMILES string of the molecule is CC(=O)NCCOCCOCCCC(=S)CC1C(O)[C@@H](O)[C@H](CO)O[C@H]1O[C@]1(C)OC(CO)[C@H](O)C(O)[C@H]1O.CC(=O)NCCOCCOCN.C[C@]1(O[C@H]2OC(CO)[C@@H](O)C(O)C2N=C=S)OC(CO)[C@@H](O)[C@H](O)C1O. The van der Waals surface area contributed by atoms with Gasteiger partial charge in [-0.3, -0.25) is 9.59 Å². The molecule has 77 heavy (non-hydrogen) atoms. The van der Waals surface area contributed by atoms with Crippen molar-refractivity contribution in [1.29, 1.82) is 0 Å². The van der Waals surface area contributed by atoms with Gasteiger partial charge >= 0.3 is 0 Å². The Balaban J connectivity index is 0.000000455. The largest absolute Gasteiger partial charge is 0.394 e. The first kappa shape index (κ1) is 70.9. The molecule has 4 aliphatic rings. The Bertz CT molecular complexity index is 1750. The number of hydrogen-bond acceptors (Lipinski definition) is 30. The number of thiocarbonyl (C=S) groups is 2. The zero-order valence-electron chi connectivity index (χ0n) is 43.4. The van der Waals surface area contributed by atoms with E-state index in [1.807, 2.05) is 5.16 Å². The summed E-state index contributed by atoms with van der Waals surface area (Å²) < 4.78 is 54.2. The first-order valence-electron chi connectivity index (χ1n) is 24.8. The van der Waals surface area contributed by atoms with Crippen LogP contribution in [0.1, 0.15) is 47.0 Å². The molecule has 0 aromatic carbocycles. The van der Waals surface area contributed by atoms with Crippen LogP contribution in [0.3, 0.4) is 0 Å². The quantitative estimate of drug-likeness (QED) is 0.0150. The Hall–Kier alpha value is -2.17. The van der Waals surface area contributed by atoms with E-state index in [1.165, 1.54) is 27.7 Å². The molecule has 4 rings (SSSR count). The smallest absolute Gasteiger partial charge is 0.216 e. The van der Waals surface area contributed by atoms with Crippen molar-refractivity contribution in [3.05, 3.63) is 0 Å². The summed E-state index contributed by atoms with van der Waals surface area (Å²) in [7, 11) is 0.